The minimum Gasteiger partial charge on any atom is -0.324 e. The molecule has 0 fully saturated rings. The van der Waals surface area contributed by atoms with Crippen molar-refractivity contribution in [3.63, 3.8) is 0 Å². The van der Waals surface area contributed by atoms with Gasteiger partial charge in [0.15, 0.2) is 0 Å². The lowest BCUT2D eigenvalue weighted by molar-refractivity contribution is -0.929. The van der Waals surface area contributed by atoms with Crippen LogP contribution in [-0.2, 0) is 20.0 Å². The molecule has 0 unspecified atom stereocenters. The summed E-state index contributed by atoms with van der Waals surface area (Å²) in [6.45, 7) is 15.1. The van der Waals surface area contributed by atoms with Gasteiger partial charge in [-0.05, 0) is 51.4 Å². The van der Waals surface area contributed by atoms with Crippen LogP contribution in [0.25, 0.3) is 0 Å². The number of alkyl halides is 6. The topological polar surface area (TPSA) is 120 Å². The highest BCUT2D eigenvalue weighted by molar-refractivity contribution is 7.90. The molecule has 0 bridgehead atoms. The highest BCUT2D eigenvalue weighted by Gasteiger charge is 2.43. The molecule has 0 spiro atoms. The largest absolute Gasteiger partial charge is 0.511 e. The number of primary sulfonamides is 2. The number of rotatable bonds is 16. The van der Waals surface area contributed by atoms with E-state index < -0.39 is 31.1 Å². The summed E-state index contributed by atoms with van der Waals surface area (Å²) >= 11 is 0. The van der Waals surface area contributed by atoms with Gasteiger partial charge in [0, 0.05) is 0 Å². The van der Waals surface area contributed by atoms with Crippen LogP contribution >= 0.6 is 0 Å². The molecule has 0 aliphatic rings. The van der Waals surface area contributed by atoms with E-state index in [9.17, 15) is 43.2 Å². The van der Waals surface area contributed by atoms with Gasteiger partial charge in [-0.2, -0.15) is 26.3 Å². The van der Waals surface area contributed by atoms with Crippen LogP contribution in [0.5, 0.6) is 0 Å². The molecule has 7 nitrogen and oxygen atoms in total. The smallest absolute Gasteiger partial charge is 0.324 e. The predicted molar refractivity (Wildman–Crippen MR) is 136 cm³/mol. The van der Waals surface area contributed by atoms with Gasteiger partial charge in [0.2, 0.25) is 0 Å². The standard InChI is InChI=1S/C20H44N.2CH2F3NO2S/c1-5-9-13-17-21(18-14-10-6-2,19-15-11-7-3)20-16-12-8-4;2*2-1(3,4)8(5,6)7/h5-20H2,1-4H3;2*(H2,5,6,7)/q+1;;. The zero-order valence-electron chi connectivity index (χ0n) is 22.6. The molecule has 0 saturated carbocycles. The van der Waals surface area contributed by atoms with Crippen LogP contribution in [0.1, 0.15) is 105 Å². The highest BCUT2D eigenvalue weighted by atomic mass is 32.2. The van der Waals surface area contributed by atoms with Crippen LogP contribution in [0.3, 0.4) is 0 Å². The van der Waals surface area contributed by atoms with Gasteiger partial charge in [-0.15, -0.1) is 0 Å². The van der Waals surface area contributed by atoms with Gasteiger partial charge in [-0.3, -0.25) is 0 Å². The van der Waals surface area contributed by atoms with Gasteiger partial charge in [0.05, 0.1) is 26.2 Å². The molecular weight excluding hydrogens is 548 g/mol. The van der Waals surface area contributed by atoms with E-state index in [-0.39, 0.29) is 0 Å². The lowest BCUT2D eigenvalue weighted by Crippen LogP contribution is -2.50. The van der Waals surface area contributed by atoms with E-state index in [0.29, 0.717) is 0 Å². The Morgan fingerprint density at radius 2 is 0.649 bits per heavy atom. The molecular formula is C22H48F6N3O4S2+. The third-order valence-corrected chi connectivity index (χ3v) is 6.88. The van der Waals surface area contributed by atoms with Crippen molar-refractivity contribution in [3.8, 4) is 0 Å². The number of hydrogen-bond donors (Lipinski definition) is 2. The molecule has 0 radical (unpaired) electrons. The highest BCUT2D eigenvalue weighted by Crippen LogP contribution is 2.20. The van der Waals surface area contributed by atoms with Crippen LogP contribution in [0.2, 0.25) is 0 Å². The zero-order chi connectivity index (χ0) is 29.8. The van der Waals surface area contributed by atoms with Gasteiger partial charge < -0.3 is 4.48 Å². The molecule has 15 heteroatoms. The number of unbranched alkanes of at least 4 members (excludes halogenated alkanes) is 8. The van der Waals surface area contributed by atoms with E-state index >= 15 is 0 Å². The fraction of sp³-hybridized carbons (Fsp3) is 1.00. The van der Waals surface area contributed by atoms with E-state index in [1.807, 2.05) is 0 Å². The molecule has 0 saturated heterocycles. The maximum atomic E-state index is 10.8. The summed E-state index contributed by atoms with van der Waals surface area (Å²) in [6.07, 6.45) is 16.9. The van der Waals surface area contributed by atoms with E-state index in [0.717, 1.165) is 0 Å². The molecule has 0 aromatic carbocycles. The Morgan fingerprint density at radius 3 is 0.757 bits per heavy atom. The SMILES string of the molecule is CCCCC[N+](CCCCC)(CCCCC)CCCCC.NS(=O)(=O)C(F)(F)F.NS(=O)(=O)C(F)(F)F. The molecule has 0 rings (SSSR count). The van der Waals surface area contributed by atoms with E-state index in [2.05, 4.69) is 38.0 Å². The quantitative estimate of drug-likeness (QED) is 0.126. The molecule has 0 heterocycles. The first kappa shape index (κ1) is 40.9. The molecule has 0 aromatic heterocycles. The molecule has 0 amide bonds. The number of nitrogens with two attached hydrogens (primary N) is 2. The monoisotopic (exact) mass is 596 g/mol. The summed E-state index contributed by atoms with van der Waals surface area (Å²) < 4.78 is 104. The third-order valence-electron chi connectivity index (χ3n) is 5.59. The number of hydrogen-bond acceptors (Lipinski definition) is 4. The average Bonchev–Trinajstić information content (AvgIpc) is 2.72. The van der Waals surface area contributed by atoms with Crippen molar-refractivity contribution in [1.82, 2.24) is 0 Å². The number of quaternary nitrogens is 1. The fourth-order valence-electron chi connectivity index (χ4n) is 3.46. The van der Waals surface area contributed by atoms with Crippen molar-refractivity contribution < 1.29 is 47.7 Å². The average molecular weight is 597 g/mol. The van der Waals surface area contributed by atoms with Gasteiger partial charge in [-0.25, -0.2) is 27.1 Å². The van der Waals surface area contributed by atoms with Crippen molar-refractivity contribution in [1.29, 1.82) is 0 Å². The summed E-state index contributed by atoms with van der Waals surface area (Å²) in [5.41, 5.74) is -10.6. The molecule has 0 aliphatic heterocycles. The van der Waals surface area contributed by atoms with Crippen molar-refractivity contribution in [2.45, 2.75) is 116 Å². The Hall–Kier alpha value is -0.640. The molecule has 37 heavy (non-hydrogen) atoms. The van der Waals surface area contributed by atoms with Crippen LogP contribution in [0.15, 0.2) is 0 Å². The summed E-state index contributed by atoms with van der Waals surface area (Å²) in [6, 6.07) is 0. The maximum absolute atomic E-state index is 10.8. The first-order valence-electron chi connectivity index (χ1n) is 12.8. The molecule has 4 N–H and O–H groups in total. The van der Waals surface area contributed by atoms with Crippen LogP contribution in [0.4, 0.5) is 26.3 Å². The lowest BCUT2D eigenvalue weighted by atomic mass is 10.1. The predicted octanol–water partition coefficient (Wildman–Crippen LogP) is 6.15. The number of nitrogens with zero attached hydrogens (tertiary/aromatic N) is 1. The van der Waals surface area contributed by atoms with Crippen molar-refractivity contribution in [2.75, 3.05) is 26.2 Å². The van der Waals surface area contributed by atoms with E-state index in [1.165, 1.54) is 108 Å². The Labute approximate surface area is 220 Å². The normalized spacial score (nSPS) is 12.9. The number of halogens is 6. The second-order valence-corrected chi connectivity index (χ2v) is 12.2. The summed E-state index contributed by atoms with van der Waals surface area (Å²) in [5, 5.41) is 7.32. The van der Waals surface area contributed by atoms with Crippen LogP contribution in [0, 0.1) is 0 Å². The minimum atomic E-state index is -5.34. The first-order valence-corrected chi connectivity index (χ1v) is 15.9. The van der Waals surface area contributed by atoms with Crippen molar-refractivity contribution >= 4 is 20.0 Å². The summed E-state index contributed by atoms with van der Waals surface area (Å²) in [5.74, 6) is 0. The Morgan fingerprint density at radius 1 is 0.486 bits per heavy atom. The maximum Gasteiger partial charge on any atom is 0.511 e. The fourth-order valence-corrected chi connectivity index (χ4v) is 3.46. The second-order valence-electron chi connectivity index (χ2n) is 9.05. The number of sulfonamides is 2. The Bertz CT molecular complexity index is 672. The zero-order valence-corrected chi connectivity index (χ0v) is 24.3. The van der Waals surface area contributed by atoms with Crippen molar-refractivity contribution in [2.24, 2.45) is 10.3 Å². The third kappa shape index (κ3) is 23.0. The Balaban J connectivity index is -0.000000589. The van der Waals surface area contributed by atoms with E-state index in [1.54, 1.807) is 0 Å². The van der Waals surface area contributed by atoms with Gasteiger partial charge in [-0.1, -0.05) is 53.4 Å². The molecule has 228 valence electrons. The second kappa shape index (κ2) is 20.3. The van der Waals surface area contributed by atoms with Crippen molar-refractivity contribution in [3.05, 3.63) is 0 Å². The summed E-state index contributed by atoms with van der Waals surface area (Å²) in [7, 11) is -10.7. The van der Waals surface area contributed by atoms with Crippen LogP contribution in [-0.4, -0.2) is 58.5 Å². The lowest BCUT2D eigenvalue weighted by Gasteiger charge is -2.39. The minimum absolute atomic E-state index is 1.36. The summed E-state index contributed by atoms with van der Waals surface area (Å²) in [4.78, 5) is 0. The van der Waals surface area contributed by atoms with Crippen LogP contribution < -0.4 is 10.3 Å². The molecule has 0 aliphatic carbocycles. The molecule has 0 aromatic rings. The Kier molecular flexibility index (Phi) is 22.4. The van der Waals surface area contributed by atoms with Gasteiger partial charge >= 0.3 is 31.1 Å². The van der Waals surface area contributed by atoms with Gasteiger partial charge in [0.25, 0.3) is 0 Å². The molecule has 0 atom stereocenters. The first-order chi connectivity index (χ1) is 16.7. The van der Waals surface area contributed by atoms with Gasteiger partial charge in [0.1, 0.15) is 0 Å². The van der Waals surface area contributed by atoms with E-state index in [4.69, 9.17) is 0 Å².